The highest BCUT2D eigenvalue weighted by atomic mass is 16.3. The van der Waals surface area contributed by atoms with Gasteiger partial charge in [0.1, 0.15) is 11.5 Å². The third-order valence-electron chi connectivity index (χ3n) is 2.16. The first-order valence-corrected chi connectivity index (χ1v) is 4.94. The Kier molecular flexibility index (Phi) is 3.55. The molecular formula is C11H19NO. The molecule has 0 bridgehead atoms. The molecule has 1 atom stereocenters. The van der Waals surface area contributed by atoms with Crippen LogP contribution in [-0.2, 0) is 0 Å². The van der Waals surface area contributed by atoms with E-state index in [1.807, 2.05) is 13.0 Å². The van der Waals surface area contributed by atoms with E-state index in [0.717, 1.165) is 18.1 Å². The number of aryl methyl sites for hydroxylation is 1. The number of hydrogen-bond acceptors (Lipinski definition) is 2. The van der Waals surface area contributed by atoms with E-state index in [4.69, 9.17) is 4.42 Å². The molecule has 0 saturated heterocycles. The number of hydrogen-bond donors (Lipinski definition) is 1. The molecule has 0 aliphatic heterocycles. The summed E-state index contributed by atoms with van der Waals surface area (Å²) in [5.74, 6) is 2.60. The summed E-state index contributed by atoms with van der Waals surface area (Å²) in [7, 11) is 0. The highest BCUT2D eigenvalue weighted by Crippen LogP contribution is 2.23. The van der Waals surface area contributed by atoms with Crippen LogP contribution in [0.1, 0.15) is 38.3 Å². The first-order chi connectivity index (χ1) is 6.15. The molecule has 0 aliphatic rings. The lowest BCUT2D eigenvalue weighted by Crippen LogP contribution is -2.24. The second kappa shape index (κ2) is 4.47. The van der Waals surface area contributed by atoms with Crippen LogP contribution in [0.25, 0.3) is 0 Å². The maximum Gasteiger partial charge on any atom is 0.121 e. The summed E-state index contributed by atoms with van der Waals surface area (Å²) in [5, 5.41) is 3.42. The summed E-state index contributed by atoms with van der Waals surface area (Å²) in [4.78, 5) is 0. The van der Waals surface area contributed by atoms with Crippen LogP contribution in [0.3, 0.4) is 0 Å². The molecule has 0 aromatic carbocycles. The first-order valence-electron chi connectivity index (χ1n) is 4.94. The highest BCUT2D eigenvalue weighted by Gasteiger charge is 2.17. The van der Waals surface area contributed by atoms with Gasteiger partial charge in [-0.15, -0.1) is 0 Å². The average Bonchev–Trinajstić information content (AvgIpc) is 2.46. The Morgan fingerprint density at radius 1 is 1.38 bits per heavy atom. The molecule has 0 saturated carbocycles. The number of nitrogens with one attached hydrogen (secondary N) is 1. The van der Waals surface area contributed by atoms with Gasteiger partial charge in [-0.3, -0.25) is 0 Å². The van der Waals surface area contributed by atoms with Crippen LogP contribution in [0, 0.1) is 12.8 Å². The van der Waals surface area contributed by atoms with Crippen molar-refractivity contribution in [3.8, 4) is 0 Å². The Bertz CT molecular complexity index is 252. The first kappa shape index (κ1) is 10.3. The standard InChI is InChI=1S/C11H19NO/c1-5-12-11(8(2)3)10-7-6-9(4)13-10/h6-8,11-12H,5H2,1-4H3. The molecule has 2 nitrogen and oxygen atoms in total. The predicted octanol–water partition coefficient (Wildman–Crippen LogP) is 2.89. The topological polar surface area (TPSA) is 25.2 Å². The summed E-state index contributed by atoms with van der Waals surface area (Å²) < 4.78 is 5.60. The van der Waals surface area contributed by atoms with E-state index < -0.39 is 0 Å². The van der Waals surface area contributed by atoms with Crippen LogP contribution < -0.4 is 5.32 Å². The maximum absolute atomic E-state index is 5.60. The minimum Gasteiger partial charge on any atom is -0.465 e. The summed E-state index contributed by atoms with van der Waals surface area (Å²) in [6.07, 6.45) is 0. The summed E-state index contributed by atoms with van der Waals surface area (Å²) in [6, 6.07) is 4.42. The Labute approximate surface area is 80.3 Å². The van der Waals surface area contributed by atoms with Crippen molar-refractivity contribution >= 4 is 0 Å². The van der Waals surface area contributed by atoms with E-state index in [-0.39, 0.29) is 0 Å². The fourth-order valence-corrected chi connectivity index (χ4v) is 1.51. The van der Waals surface area contributed by atoms with Crippen LogP contribution >= 0.6 is 0 Å². The van der Waals surface area contributed by atoms with Crippen molar-refractivity contribution in [3.05, 3.63) is 23.7 Å². The van der Waals surface area contributed by atoms with Crippen LogP contribution in [0.15, 0.2) is 16.5 Å². The van der Waals surface area contributed by atoms with Gasteiger partial charge in [-0.1, -0.05) is 20.8 Å². The molecule has 0 spiro atoms. The fraction of sp³-hybridized carbons (Fsp3) is 0.636. The summed E-state index contributed by atoms with van der Waals surface area (Å²) >= 11 is 0. The molecule has 0 amide bonds. The van der Waals surface area contributed by atoms with E-state index in [9.17, 15) is 0 Å². The van der Waals surface area contributed by atoms with Crippen molar-refractivity contribution in [1.82, 2.24) is 5.32 Å². The third kappa shape index (κ3) is 2.59. The van der Waals surface area contributed by atoms with Crippen molar-refractivity contribution in [2.75, 3.05) is 6.54 Å². The van der Waals surface area contributed by atoms with E-state index in [1.54, 1.807) is 0 Å². The van der Waals surface area contributed by atoms with Crippen molar-refractivity contribution < 1.29 is 4.42 Å². The largest absolute Gasteiger partial charge is 0.465 e. The van der Waals surface area contributed by atoms with Gasteiger partial charge in [0, 0.05) is 0 Å². The van der Waals surface area contributed by atoms with Crippen molar-refractivity contribution in [1.29, 1.82) is 0 Å². The molecule has 1 aromatic heterocycles. The molecule has 1 heterocycles. The minimum atomic E-state index is 0.346. The second-order valence-electron chi connectivity index (χ2n) is 3.73. The Hall–Kier alpha value is -0.760. The Morgan fingerprint density at radius 2 is 2.08 bits per heavy atom. The van der Waals surface area contributed by atoms with Crippen LogP contribution in [0.4, 0.5) is 0 Å². The van der Waals surface area contributed by atoms with Gasteiger partial charge in [0.05, 0.1) is 6.04 Å². The van der Waals surface area contributed by atoms with Crippen molar-refractivity contribution in [2.24, 2.45) is 5.92 Å². The summed E-state index contributed by atoms with van der Waals surface area (Å²) in [5.41, 5.74) is 0. The van der Waals surface area contributed by atoms with E-state index in [2.05, 4.69) is 32.2 Å². The molecule has 1 aromatic rings. The molecular weight excluding hydrogens is 162 g/mol. The molecule has 0 radical (unpaired) electrons. The zero-order valence-electron chi connectivity index (χ0n) is 8.92. The van der Waals surface area contributed by atoms with Gasteiger partial charge in [0.25, 0.3) is 0 Å². The lowest BCUT2D eigenvalue weighted by Gasteiger charge is -2.19. The maximum atomic E-state index is 5.60. The molecule has 1 unspecified atom stereocenters. The smallest absolute Gasteiger partial charge is 0.121 e. The molecule has 13 heavy (non-hydrogen) atoms. The molecule has 1 rings (SSSR count). The van der Waals surface area contributed by atoms with Crippen molar-refractivity contribution in [3.63, 3.8) is 0 Å². The SMILES string of the molecule is CCNC(c1ccc(C)o1)C(C)C. The molecule has 0 fully saturated rings. The van der Waals surface area contributed by atoms with Crippen LogP contribution in [0.5, 0.6) is 0 Å². The third-order valence-corrected chi connectivity index (χ3v) is 2.16. The minimum absolute atomic E-state index is 0.346. The molecule has 2 heteroatoms. The van der Waals surface area contributed by atoms with Crippen molar-refractivity contribution in [2.45, 2.75) is 33.7 Å². The fourth-order valence-electron chi connectivity index (χ4n) is 1.51. The van der Waals surface area contributed by atoms with Crippen LogP contribution in [-0.4, -0.2) is 6.54 Å². The van der Waals surface area contributed by atoms with Gasteiger partial charge in [-0.2, -0.15) is 0 Å². The molecule has 1 N–H and O–H groups in total. The van der Waals surface area contributed by atoms with E-state index >= 15 is 0 Å². The van der Waals surface area contributed by atoms with E-state index in [0.29, 0.717) is 12.0 Å². The van der Waals surface area contributed by atoms with Crippen LogP contribution in [0.2, 0.25) is 0 Å². The van der Waals surface area contributed by atoms with Gasteiger partial charge in [-0.25, -0.2) is 0 Å². The van der Waals surface area contributed by atoms with Gasteiger partial charge in [-0.05, 0) is 31.5 Å². The van der Waals surface area contributed by atoms with Gasteiger partial charge in [0.2, 0.25) is 0 Å². The van der Waals surface area contributed by atoms with Gasteiger partial charge < -0.3 is 9.73 Å². The Morgan fingerprint density at radius 3 is 2.46 bits per heavy atom. The lowest BCUT2D eigenvalue weighted by atomic mass is 10.0. The zero-order chi connectivity index (χ0) is 9.84. The second-order valence-corrected chi connectivity index (χ2v) is 3.73. The molecule has 74 valence electrons. The normalized spacial score (nSPS) is 13.6. The predicted molar refractivity (Wildman–Crippen MR) is 54.7 cm³/mol. The Balaban J connectivity index is 2.75. The summed E-state index contributed by atoms with van der Waals surface area (Å²) in [6.45, 7) is 9.47. The van der Waals surface area contributed by atoms with Gasteiger partial charge in [0.15, 0.2) is 0 Å². The number of furan rings is 1. The van der Waals surface area contributed by atoms with E-state index in [1.165, 1.54) is 0 Å². The number of rotatable bonds is 4. The van der Waals surface area contributed by atoms with Gasteiger partial charge >= 0.3 is 0 Å². The lowest BCUT2D eigenvalue weighted by molar-refractivity contribution is 0.340. The molecule has 0 aliphatic carbocycles. The average molecular weight is 181 g/mol. The monoisotopic (exact) mass is 181 g/mol. The zero-order valence-corrected chi connectivity index (χ0v) is 8.92. The quantitative estimate of drug-likeness (QED) is 0.772. The highest BCUT2D eigenvalue weighted by molar-refractivity contribution is 5.10.